The Hall–Kier alpha value is -0.710. The number of halogens is 1. The van der Waals surface area contributed by atoms with Gasteiger partial charge in [0.2, 0.25) is 21.9 Å². The molecule has 1 atom stereocenters. The zero-order valence-electron chi connectivity index (χ0n) is 12.5. The van der Waals surface area contributed by atoms with Crippen molar-refractivity contribution in [1.82, 2.24) is 9.62 Å². The quantitative estimate of drug-likeness (QED) is 0.296. The SMILES string of the molecule is CS(=O)(=O)NC(N)=NCCSC[C@@H](N)C(=O)N1CCCC1.Cl. The number of nitrogens with zero attached hydrogens (tertiary/aromatic N) is 2. The number of rotatable bonds is 7. The third-order valence-corrected chi connectivity index (χ3v) is 4.49. The minimum atomic E-state index is -3.38. The van der Waals surface area contributed by atoms with Crippen LogP contribution in [0.15, 0.2) is 4.99 Å². The van der Waals surface area contributed by atoms with Gasteiger partial charge in [-0.2, -0.15) is 11.8 Å². The highest BCUT2D eigenvalue weighted by Crippen LogP contribution is 2.10. The normalized spacial score (nSPS) is 17.0. The van der Waals surface area contributed by atoms with E-state index >= 15 is 0 Å². The molecule has 0 radical (unpaired) electrons. The van der Waals surface area contributed by atoms with Gasteiger partial charge in [0.05, 0.1) is 18.8 Å². The molecule has 0 bridgehead atoms. The lowest BCUT2D eigenvalue weighted by Gasteiger charge is -2.19. The number of guanidine groups is 1. The second kappa shape index (κ2) is 10.1. The molecule has 0 aromatic carbocycles. The third kappa shape index (κ3) is 8.66. The molecule has 1 amide bonds. The highest BCUT2D eigenvalue weighted by atomic mass is 35.5. The molecule has 22 heavy (non-hydrogen) atoms. The van der Waals surface area contributed by atoms with Crippen LogP contribution in [0.1, 0.15) is 12.8 Å². The van der Waals surface area contributed by atoms with E-state index in [1.165, 1.54) is 11.8 Å². The highest BCUT2D eigenvalue weighted by molar-refractivity contribution is 7.99. The van der Waals surface area contributed by atoms with Gasteiger partial charge in [-0.1, -0.05) is 0 Å². The Morgan fingerprint density at radius 3 is 2.55 bits per heavy atom. The summed E-state index contributed by atoms with van der Waals surface area (Å²) in [5.74, 6) is 1.01. The molecule has 0 spiro atoms. The van der Waals surface area contributed by atoms with E-state index in [-0.39, 0.29) is 24.3 Å². The molecule has 1 saturated heterocycles. The molecule has 0 aromatic rings. The lowest BCUT2D eigenvalue weighted by atomic mass is 10.3. The first-order chi connectivity index (χ1) is 9.79. The maximum absolute atomic E-state index is 11.9. The number of hydrogen-bond donors (Lipinski definition) is 3. The second-order valence-corrected chi connectivity index (χ2v) is 7.75. The Kier molecular flexibility index (Phi) is 9.81. The van der Waals surface area contributed by atoms with Crippen LogP contribution in [0.25, 0.3) is 0 Å². The van der Waals surface area contributed by atoms with Crippen LogP contribution in [0.5, 0.6) is 0 Å². The molecule has 11 heteroatoms. The van der Waals surface area contributed by atoms with E-state index < -0.39 is 16.1 Å². The molecule has 130 valence electrons. The van der Waals surface area contributed by atoms with E-state index in [9.17, 15) is 13.2 Å². The number of thioether (sulfide) groups is 1. The summed E-state index contributed by atoms with van der Waals surface area (Å²) >= 11 is 1.50. The lowest BCUT2D eigenvalue weighted by Crippen LogP contribution is -2.43. The predicted molar refractivity (Wildman–Crippen MR) is 92.8 cm³/mol. The number of nitrogens with two attached hydrogens (primary N) is 2. The van der Waals surface area contributed by atoms with Gasteiger partial charge in [0.25, 0.3) is 0 Å². The van der Waals surface area contributed by atoms with Gasteiger partial charge in [0.1, 0.15) is 0 Å². The Morgan fingerprint density at radius 2 is 2.00 bits per heavy atom. The molecule has 1 rings (SSSR count). The summed E-state index contributed by atoms with van der Waals surface area (Å²) in [7, 11) is -3.38. The van der Waals surface area contributed by atoms with Crippen LogP contribution < -0.4 is 16.2 Å². The van der Waals surface area contributed by atoms with Crippen LogP contribution in [-0.4, -0.2) is 68.6 Å². The van der Waals surface area contributed by atoms with Crippen molar-refractivity contribution < 1.29 is 13.2 Å². The van der Waals surface area contributed by atoms with Gasteiger partial charge in [-0.3, -0.25) is 14.5 Å². The standard InChI is InChI=1S/C11H23N5O3S2.ClH/c1-21(18,19)15-11(13)14-4-7-20-8-9(12)10(17)16-5-2-3-6-16;/h9H,2-8,12H2,1H3,(H3,13,14,15);1H/t9-;/m1./s1. The van der Waals surface area contributed by atoms with Crippen molar-refractivity contribution in [2.24, 2.45) is 16.5 Å². The maximum atomic E-state index is 11.9. The third-order valence-electron chi connectivity index (χ3n) is 2.84. The molecule has 1 aliphatic rings. The second-order valence-electron chi connectivity index (χ2n) is 4.85. The minimum absolute atomic E-state index is 0. The zero-order chi connectivity index (χ0) is 15.9. The summed E-state index contributed by atoms with van der Waals surface area (Å²) in [4.78, 5) is 17.6. The number of sulfonamides is 1. The van der Waals surface area contributed by atoms with Gasteiger partial charge in [0.15, 0.2) is 0 Å². The highest BCUT2D eigenvalue weighted by Gasteiger charge is 2.23. The first-order valence-electron chi connectivity index (χ1n) is 6.69. The van der Waals surface area contributed by atoms with E-state index in [0.717, 1.165) is 32.2 Å². The van der Waals surface area contributed by atoms with E-state index in [1.54, 1.807) is 4.90 Å². The number of nitrogens with one attached hydrogen (secondary N) is 1. The Bertz CT molecular complexity index is 480. The number of hydrogen-bond acceptors (Lipinski definition) is 6. The van der Waals surface area contributed by atoms with Gasteiger partial charge in [-0.05, 0) is 12.8 Å². The van der Waals surface area contributed by atoms with Gasteiger partial charge in [-0.25, -0.2) is 8.42 Å². The average Bonchev–Trinajstić information content (AvgIpc) is 2.88. The van der Waals surface area contributed by atoms with Crippen LogP contribution in [-0.2, 0) is 14.8 Å². The van der Waals surface area contributed by atoms with Crippen molar-refractivity contribution in [1.29, 1.82) is 0 Å². The van der Waals surface area contributed by atoms with Crippen molar-refractivity contribution in [3.8, 4) is 0 Å². The van der Waals surface area contributed by atoms with Crippen molar-refractivity contribution in [3.63, 3.8) is 0 Å². The Balaban J connectivity index is 0.00000441. The average molecular weight is 374 g/mol. The van der Waals surface area contributed by atoms with Crippen LogP contribution >= 0.6 is 24.2 Å². The molecular formula is C11H24ClN5O3S2. The molecule has 0 aliphatic carbocycles. The van der Waals surface area contributed by atoms with Gasteiger partial charge in [0, 0.05) is 24.6 Å². The number of aliphatic imine (C=N–C) groups is 1. The molecule has 5 N–H and O–H groups in total. The molecule has 0 saturated carbocycles. The molecule has 0 aromatic heterocycles. The van der Waals surface area contributed by atoms with Crippen molar-refractivity contribution in [3.05, 3.63) is 0 Å². The Labute approximate surface area is 141 Å². The predicted octanol–water partition coefficient (Wildman–Crippen LogP) is -1.04. The van der Waals surface area contributed by atoms with E-state index in [4.69, 9.17) is 11.5 Å². The first-order valence-corrected chi connectivity index (χ1v) is 9.74. The summed E-state index contributed by atoms with van der Waals surface area (Å²) < 4.78 is 23.8. The van der Waals surface area contributed by atoms with E-state index in [1.807, 2.05) is 0 Å². The molecule has 1 heterocycles. The topological polar surface area (TPSA) is 131 Å². The summed E-state index contributed by atoms with van der Waals surface area (Å²) in [6.07, 6.45) is 3.10. The summed E-state index contributed by atoms with van der Waals surface area (Å²) in [6, 6.07) is -0.497. The molecule has 0 unspecified atom stereocenters. The fraction of sp³-hybridized carbons (Fsp3) is 0.818. The maximum Gasteiger partial charge on any atom is 0.240 e. The smallest absolute Gasteiger partial charge is 0.240 e. The summed E-state index contributed by atoms with van der Waals surface area (Å²) in [6.45, 7) is 1.97. The number of likely N-dealkylation sites (tertiary alicyclic amines) is 1. The monoisotopic (exact) mass is 373 g/mol. The molecule has 1 aliphatic heterocycles. The molecule has 8 nitrogen and oxygen atoms in total. The summed E-state index contributed by atoms with van der Waals surface area (Å²) in [5.41, 5.74) is 11.3. The number of carbonyl (C=O) groups is 1. The first kappa shape index (κ1) is 21.3. The fourth-order valence-electron chi connectivity index (χ4n) is 1.91. The number of amides is 1. The molecule has 1 fully saturated rings. The van der Waals surface area contributed by atoms with Gasteiger partial charge in [-0.15, -0.1) is 12.4 Å². The van der Waals surface area contributed by atoms with Gasteiger partial charge >= 0.3 is 0 Å². The van der Waals surface area contributed by atoms with Gasteiger partial charge < -0.3 is 16.4 Å². The fourth-order valence-corrected chi connectivity index (χ4v) is 3.13. The molecular weight excluding hydrogens is 350 g/mol. The van der Waals surface area contributed by atoms with E-state index in [0.29, 0.717) is 18.1 Å². The van der Waals surface area contributed by atoms with Crippen LogP contribution in [0.4, 0.5) is 0 Å². The summed E-state index contributed by atoms with van der Waals surface area (Å²) in [5, 5.41) is 0. The van der Waals surface area contributed by atoms with Crippen LogP contribution in [0.3, 0.4) is 0 Å². The number of carbonyl (C=O) groups excluding carboxylic acids is 1. The van der Waals surface area contributed by atoms with Crippen molar-refractivity contribution in [2.45, 2.75) is 18.9 Å². The zero-order valence-corrected chi connectivity index (χ0v) is 15.0. The van der Waals surface area contributed by atoms with E-state index in [2.05, 4.69) is 9.71 Å². The minimum Gasteiger partial charge on any atom is -0.369 e. The van der Waals surface area contributed by atoms with Crippen LogP contribution in [0.2, 0.25) is 0 Å². The largest absolute Gasteiger partial charge is 0.369 e. The lowest BCUT2D eigenvalue weighted by molar-refractivity contribution is -0.130. The van der Waals surface area contributed by atoms with Crippen molar-refractivity contribution in [2.75, 3.05) is 37.4 Å². The Morgan fingerprint density at radius 1 is 1.41 bits per heavy atom. The van der Waals surface area contributed by atoms with Crippen molar-refractivity contribution >= 4 is 46.1 Å². The van der Waals surface area contributed by atoms with Crippen LogP contribution in [0, 0.1) is 0 Å².